The van der Waals surface area contributed by atoms with Gasteiger partial charge in [0.2, 0.25) is 5.91 Å². The third kappa shape index (κ3) is 2.41. The van der Waals surface area contributed by atoms with E-state index in [0.717, 1.165) is 0 Å². The Morgan fingerprint density at radius 1 is 1.35 bits per heavy atom. The molecule has 1 aromatic rings. The number of nitrogens with zero attached hydrogens (tertiary/aromatic N) is 1. The molecule has 106 valence electrons. The van der Waals surface area contributed by atoms with Crippen LogP contribution < -0.4 is 11.1 Å². The van der Waals surface area contributed by atoms with Crippen LogP contribution in [0.2, 0.25) is 0 Å². The van der Waals surface area contributed by atoms with Gasteiger partial charge in [-0.2, -0.15) is 0 Å². The van der Waals surface area contributed by atoms with Crippen LogP contribution in [0.4, 0.5) is 5.82 Å². The summed E-state index contributed by atoms with van der Waals surface area (Å²) in [5.41, 5.74) is 5.99. The number of carbonyl (C=O) groups excluding carboxylic acids is 1. The topological polar surface area (TPSA) is 68.0 Å². The third-order valence-corrected chi connectivity index (χ3v) is 4.60. The molecule has 1 aromatic heterocycles. The molecule has 3 N–H and O–H groups in total. The third-order valence-electron chi connectivity index (χ3n) is 4.60. The monoisotopic (exact) mass is 271 g/mol. The number of pyridine rings is 1. The molecular weight excluding hydrogens is 250 g/mol. The predicted molar refractivity (Wildman–Crippen MR) is 79.9 cm³/mol. The lowest BCUT2D eigenvalue weighted by Gasteiger charge is -2.05. The van der Waals surface area contributed by atoms with Crippen molar-refractivity contribution in [3.05, 3.63) is 23.9 Å². The molecular formula is C16H21N3O. The Bertz CT molecular complexity index is 579. The van der Waals surface area contributed by atoms with Crippen molar-refractivity contribution in [2.75, 3.05) is 11.9 Å². The van der Waals surface area contributed by atoms with Crippen LogP contribution >= 0.6 is 0 Å². The smallest absolute Gasteiger partial charge is 0.229 e. The maximum absolute atomic E-state index is 12.3. The highest BCUT2D eigenvalue weighted by atomic mass is 16.2. The standard InChI is InChI=1S/C16H21N3O/c1-15(2)13(16(15,3)4)14(20)19-12-9-5-7-11(18-12)8-6-10-17/h5,7,9,13H,10,17H2,1-4H3,(H,18,19,20). The molecule has 1 aliphatic rings. The number of hydrogen-bond donors (Lipinski definition) is 2. The van der Waals surface area contributed by atoms with E-state index in [-0.39, 0.29) is 22.7 Å². The molecule has 0 aliphatic heterocycles. The van der Waals surface area contributed by atoms with Gasteiger partial charge in [0.15, 0.2) is 0 Å². The Labute approximate surface area is 120 Å². The van der Waals surface area contributed by atoms with E-state index in [9.17, 15) is 4.79 Å². The van der Waals surface area contributed by atoms with Gasteiger partial charge in [-0.1, -0.05) is 39.7 Å². The van der Waals surface area contributed by atoms with Gasteiger partial charge in [-0.15, -0.1) is 0 Å². The molecule has 0 aromatic carbocycles. The minimum atomic E-state index is 0.00980. The van der Waals surface area contributed by atoms with Crippen molar-refractivity contribution in [3.8, 4) is 11.8 Å². The second kappa shape index (κ2) is 4.92. The van der Waals surface area contributed by atoms with E-state index in [1.807, 2.05) is 6.07 Å². The molecule has 0 spiro atoms. The lowest BCUT2D eigenvalue weighted by molar-refractivity contribution is -0.118. The minimum Gasteiger partial charge on any atom is -0.320 e. The zero-order valence-corrected chi connectivity index (χ0v) is 12.4. The molecule has 0 radical (unpaired) electrons. The summed E-state index contributed by atoms with van der Waals surface area (Å²) in [5, 5.41) is 2.88. The van der Waals surface area contributed by atoms with Crippen molar-refractivity contribution in [2.24, 2.45) is 22.5 Å². The van der Waals surface area contributed by atoms with Crippen molar-refractivity contribution in [3.63, 3.8) is 0 Å². The number of hydrogen-bond acceptors (Lipinski definition) is 3. The van der Waals surface area contributed by atoms with Gasteiger partial charge in [-0.3, -0.25) is 4.79 Å². The zero-order valence-electron chi connectivity index (χ0n) is 12.4. The van der Waals surface area contributed by atoms with Crippen LogP contribution in [0.15, 0.2) is 18.2 Å². The van der Waals surface area contributed by atoms with Gasteiger partial charge in [0, 0.05) is 5.92 Å². The Morgan fingerprint density at radius 3 is 2.55 bits per heavy atom. The molecule has 0 saturated heterocycles. The fourth-order valence-corrected chi connectivity index (χ4v) is 2.77. The van der Waals surface area contributed by atoms with Gasteiger partial charge in [-0.25, -0.2) is 4.98 Å². The Kier molecular flexibility index (Phi) is 3.58. The fourth-order valence-electron chi connectivity index (χ4n) is 2.77. The fraction of sp³-hybridized carbons (Fsp3) is 0.500. The summed E-state index contributed by atoms with van der Waals surface area (Å²) in [6.45, 7) is 8.77. The van der Waals surface area contributed by atoms with E-state index in [1.165, 1.54) is 0 Å². The Hall–Kier alpha value is -1.86. The molecule has 4 nitrogen and oxygen atoms in total. The quantitative estimate of drug-likeness (QED) is 0.809. The molecule has 1 aliphatic carbocycles. The summed E-state index contributed by atoms with van der Waals surface area (Å²) in [4.78, 5) is 16.6. The van der Waals surface area contributed by atoms with Crippen LogP contribution in [0.1, 0.15) is 33.4 Å². The maximum atomic E-state index is 12.3. The SMILES string of the molecule is CC1(C)C(C(=O)Nc2cccc(C#CCN)n2)C1(C)C. The van der Waals surface area contributed by atoms with Crippen LogP contribution in [0.3, 0.4) is 0 Å². The molecule has 2 rings (SSSR count). The number of nitrogens with two attached hydrogens (primary N) is 1. The van der Waals surface area contributed by atoms with Gasteiger partial charge in [0.25, 0.3) is 0 Å². The molecule has 1 amide bonds. The highest BCUT2D eigenvalue weighted by molar-refractivity contribution is 5.95. The molecule has 1 saturated carbocycles. The average molecular weight is 271 g/mol. The first-order valence-electron chi connectivity index (χ1n) is 6.77. The lowest BCUT2D eigenvalue weighted by atomic mass is 10.0. The summed E-state index contributed by atoms with van der Waals surface area (Å²) in [5.74, 6) is 6.18. The van der Waals surface area contributed by atoms with Crippen LogP contribution in [0.25, 0.3) is 0 Å². The molecule has 0 bridgehead atoms. The van der Waals surface area contributed by atoms with Gasteiger partial charge in [0.1, 0.15) is 11.5 Å². The summed E-state index contributed by atoms with van der Waals surface area (Å²) in [6.07, 6.45) is 0. The van der Waals surface area contributed by atoms with E-state index in [4.69, 9.17) is 5.73 Å². The normalized spacial score (nSPS) is 18.9. The molecule has 20 heavy (non-hydrogen) atoms. The summed E-state index contributed by atoms with van der Waals surface area (Å²) >= 11 is 0. The van der Waals surface area contributed by atoms with Crippen LogP contribution in [0, 0.1) is 28.6 Å². The Morgan fingerprint density at radius 2 is 2.00 bits per heavy atom. The van der Waals surface area contributed by atoms with E-state index >= 15 is 0 Å². The highest BCUT2D eigenvalue weighted by Crippen LogP contribution is 2.68. The second-order valence-corrected chi connectivity index (χ2v) is 6.28. The highest BCUT2D eigenvalue weighted by Gasteiger charge is 2.68. The predicted octanol–water partition coefficient (Wildman–Crippen LogP) is 2.01. The molecule has 1 heterocycles. The number of amides is 1. The zero-order chi connectivity index (χ0) is 15.0. The van der Waals surface area contributed by atoms with Gasteiger partial charge < -0.3 is 11.1 Å². The van der Waals surface area contributed by atoms with Crippen molar-refractivity contribution in [2.45, 2.75) is 27.7 Å². The summed E-state index contributed by atoms with van der Waals surface area (Å²) < 4.78 is 0. The van der Waals surface area contributed by atoms with E-state index in [1.54, 1.807) is 12.1 Å². The first-order chi connectivity index (χ1) is 9.30. The van der Waals surface area contributed by atoms with Gasteiger partial charge in [0.05, 0.1) is 6.54 Å². The largest absolute Gasteiger partial charge is 0.320 e. The molecule has 1 fully saturated rings. The second-order valence-electron chi connectivity index (χ2n) is 6.28. The first kappa shape index (κ1) is 14.5. The summed E-state index contributed by atoms with van der Waals surface area (Å²) in [6, 6.07) is 5.39. The summed E-state index contributed by atoms with van der Waals surface area (Å²) in [7, 11) is 0. The Balaban J connectivity index is 2.10. The van der Waals surface area contributed by atoms with E-state index in [0.29, 0.717) is 18.1 Å². The minimum absolute atomic E-state index is 0.00980. The number of rotatable bonds is 2. The van der Waals surface area contributed by atoms with Crippen molar-refractivity contribution >= 4 is 11.7 Å². The molecule has 4 heteroatoms. The lowest BCUT2D eigenvalue weighted by Crippen LogP contribution is -2.18. The van der Waals surface area contributed by atoms with Crippen molar-refractivity contribution < 1.29 is 4.79 Å². The number of carbonyl (C=O) groups is 1. The first-order valence-corrected chi connectivity index (χ1v) is 6.77. The van der Waals surface area contributed by atoms with Crippen LogP contribution in [-0.4, -0.2) is 17.4 Å². The van der Waals surface area contributed by atoms with Crippen LogP contribution in [0.5, 0.6) is 0 Å². The van der Waals surface area contributed by atoms with Crippen molar-refractivity contribution in [1.82, 2.24) is 4.98 Å². The van der Waals surface area contributed by atoms with E-state index in [2.05, 4.69) is 49.8 Å². The van der Waals surface area contributed by atoms with Crippen LogP contribution in [-0.2, 0) is 4.79 Å². The molecule has 0 atom stereocenters. The van der Waals surface area contributed by atoms with Crippen molar-refractivity contribution in [1.29, 1.82) is 0 Å². The number of anilines is 1. The average Bonchev–Trinajstić information content (AvgIpc) is 2.77. The van der Waals surface area contributed by atoms with Gasteiger partial charge in [-0.05, 0) is 28.9 Å². The molecule has 0 unspecified atom stereocenters. The van der Waals surface area contributed by atoms with Gasteiger partial charge >= 0.3 is 0 Å². The maximum Gasteiger partial charge on any atom is 0.229 e. The van der Waals surface area contributed by atoms with E-state index < -0.39 is 0 Å². The number of nitrogens with one attached hydrogen (secondary N) is 1. The number of aromatic nitrogens is 1.